The smallest absolute Gasteiger partial charge is 0.341 e. The number of nitro benzene ring substituents is 1. The van der Waals surface area contributed by atoms with Crippen LogP contribution in [-0.2, 0) is 4.74 Å². The van der Waals surface area contributed by atoms with Crippen LogP contribution in [0.3, 0.4) is 0 Å². The summed E-state index contributed by atoms with van der Waals surface area (Å²) in [4.78, 5) is 36.2. The van der Waals surface area contributed by atoms with Crippen LogP contribution in [0.25, 0.3) is 11.1 Å². The van der Waals surface area contributed by atoms with Gasteiger partial charge in [0, 0.05) is 28.1 Å². The molecule has 0 bridgehead atoms. The molecule has 0 radical (unpaired) electrons. The molecule has 31 heavy (non-hydrogen) atoms. The number of thiophene rings is 1. The molecular formula is C23H22N2O5S. The van der Waals surface area contributed by atoms with Gasteiger partial charge in [-0.3, -0.25) is 14.9 Å². The third-order valence-electron chi connectivity index (χ3n) is 4.98. The van der Waals surface area contributed by atoms with Gasteiger partial charge in [-0.15, -0.1) is 11.3 Å². The minimum absolute atomic E-state index is 0.133. The Labute approximate surface area is 183 Å². The van der Waals surface area contributed by atoms with Crippen molar-refractivity contribution in [3.8, 4) is 11.1 Å². The van der Waals surface area contributed by atoms with Crippen molar-refractivity contribution >= 4 is 33.9 Å². The SMILES string of the molecule is CCOC(=O)c1c(-c2ccc(C)c(C)c2)csc1NC(=O)c1ccc(C)c([N+](=O)[O-])c1. The first-order chi connectivity index (χ1) is 14.7. The van der Waals surface area contributed by atoms with Gasteiger partial charge in [-0.05, 0) is 50.5 Å². The van der Waals surface area contributed by atoms with E-state index in [1.807, 2.05) is 32.0 Å². The lowest BCUT2D eigenvalue weighted by atomic mass is 9.99. The topological polar surface area (TPSA) is 98.5 Å². The Kier molecular flexibility index (Phi) is 6.50. The van der Waals surface area contributed by atoms with E-state index in [0.717, 1.165) is 16.7 Å². The lowest BCUT2D eigenvalue weighted by molar-refractivity contribution is -0.385. The van der Waals surface area contributed by atoms with Gasteiger partial charge in [0.25, 0.3) is 11.6 Å². The number of esters is 1. The van der Waals surface area contributed by atoms with Gasteiger partial charge in [-0.1, -0.05) is 24.3 Å². The number of benzene rings is 2. The lowest BCUT2D eigenvalue weighted by Gasteiger charge is -2.10. The van der Waals surface area contributed by atoms with Gasteiger partial charge >= 0.3 is 5.97 Å². The third-order valence-corrected chi connectivity index (χ3v) is 5.88. The molecule has 0 atom stereocenters. The summed E-state index contributed by atoms with van der Waals surface area (Å²) in [5, 5.41) is 16.0. The average molecular weight is 439 g/mol. The number of nitro groups is 1. The number of aryl methyl sites for hydroxylation is 3. The fourth-order valence-electron chi connectivity index (χ4n) is 3.10. The summed E-state index contributed by atoms with van der Waals surface area (Å²) in [6.07, 6.45) is 0. The molecule has 0 saturated carbocycles. The first-order valence-electron chi connectivity index (χ1n) is 9.65. The fraction of sp³-hybridized carbons (Fsp3) is 0.217. The zero-order valence-electron chi connectivity index (χ0n) is 17.6. The number of nitrogens with zero attached hydrogens (tertiary/aromatic N) is 1. The average Bonchev–Trinajstić information content (AvgIpc) is 3.13. The molecule has 0 fully saturated rings. The molecule has 7 nitrogen and oxygen atoms in total. The van der Waals surface area contributed by atoms with Crippen LogP contribution in [0.4, 0.5) is 10.7 Å². The summed E-state index contributed by atoms with van der Waals surface area (Å²) in [5.41, 5.74) is 4.44. The van der Waals surface area contributed by atoms with Crippen molar-refractivity contribution in [2.75, 3.05) is 11.9 Å². The van der Waals surface area contributed by atoms with E-state index in [-0.39, 0.29) is 23.4 Å². The summed E-state index contributed by atoms with van der Waals surface area (Å²) in [5.74, 6) is -1.08. The molecule has 0 aliphatic heterocycles. The van der Waals surface area contributed by atoms with Gasteiger partial charge in [-0.2, -0.15) is 0 Å². The van der Waals surface area contributed by atoms with Crippen molar-refractivity contribution in [1.29, 1.82) is 0 Å². The maximum absolute atomic E-state index is 12.8. The summed E-state index contributed by atoms with van der Waals surface area (Å²) in [6.45, 7) is 7.50. The molecule has 8 heteroatoms. The van der Waals surface area contributed by atoms with E-state index in [9.17, 15) is 19.7 Å². The van der Waals surface area contributed by atoms with Crippen LogP contribution >= 0.6 is 11.3 Å². The highest BCUT2D eigenvalue weighted by Gasteiger charge is 2.24. The molecule has 1 aromatic heterocycles. The molecule has 0 aliphatic carbocycles. The summed E-state index contributed by atoms with van der Waals surface area (Å²) >= 11 is 1.21. The Morgan fingerprint density at radius 1 is 1.06 bits per heavy atom. The van der Waals surface area contributed by atoms with Crippen LogP contribution in [0.1, 0.15) is 44.3 Å². The molecule has 3 aromatic rings. The first kappa shape index (κ1) is 22.2. The number of hydrogen-bond acceptors (Lipinski definition) is 6. The first-order valence-corrected chi connectivity index (χ1v) is 10.5. The van der Waals surface area contributed by atoms with Gasteiger partial charge in [0.05, 0.1) is 11.5 Å². The zero-order chi connectivity index (χ0) is 22.7. The molecule has 0 saturated heterocycles. The van der Waals surface area contributed by atoms with Crippen molar-refractivity contribution in [2.45, 2.75) is 27.7 Å². The Hall–Kier alpha value is -3.52. The molecule has 160 valence electrons. The van der Waals surface area contributed by atoms with Crippen molar-refractivity contribution in [2.24, 2.45) is 0 Å². The van der Waals surface area contributed by atoms with Gasteiger partial charge in [0.1, 0.15) is 10.6 Å². The second-order valence-corrected chi connectivity index (χ2v) is 7.97. The van der Waals surface area contributed by atoms with Gasteiger partial charge in [-0.25, -0.2) is 4.79 Å². The Balaban J connectivity index is 2.01. The molecule has 1 amide bonds. The predicted molar refractivity (Wildman–Crippen MR) is 121 cm³/mol. The maximum atomic E-state index is 12.8. The van der Waals surface area contributed by atoms with Crippen molar-refractivity contribution in [1.82, 2.24) is 0 Å². The molecule has 3 rings (SSSR count). The highest BCUT2D eigenvalue weighted by Crippen LogP contribution is 2.37. The number of anilines is 1. The van der Waals surface area contributed by atoms with E-state index in [0.29, 0.717) is 16.1 Å². The summed E-state index contributed by atoms with van der Waals surface area (Å²) in [6, 6.07) is 10.1. The van der Waals surface area contributed by atoms with Gasteiger partial charge in [0.2, 0.25) is 0 Å². The van der Waals surface area contributed by atoms with E-state index >= 15 is 0 Å². The minimum Gasteiger partial charge on any atom is -0.462 e. The van der Waals surface area contributed by atoms with E-state index in [1.54, 1.807) is 19.2 Å². The van der Waals surface area contributed by atoms with E-state index in [4.69, 9.17) is 4.74 Å². The van der Waals surface area contributed by atoms with Crippen LogP contribution in [0.15, 0.2) is 41.8 Å². The number of nitrogens with one attached hydrogen (secondary N) is 1. The molecule has 0 spiro atoms. The molecule has 0 unspecified atom stereocenters. The molecule has 1 heterocycles. The Morgan fingerprint density at radius 2 is 1.77 bits per heavy atom. The Morgan fingerprint density at radius 3 is 2.42 bits per heavy atom. The molecule has 0 aliphatic rings. The number of rotatable bonds is 6. The lowest BCUT2D eigenvalue weighted by Crippen LogP contribution is -2.15. The van der Waals surface area contributed by atoms with Crippen molar-refractivity contribution < 1.29 is 19.2 Å². The molecular weight excluding hydrogens is 416 g/mol. The van der Waals surface area contributed by atoms with Gasteiger partial charge in [0.15, 0.2) is 0 Å². The van der Waals surface area contributed by atoms with Crippen LogP contribution in [-0.4, -0.2) is 23.4 Å². The van der Waals surface area contributed by atoms with Gasteiger partial charge < -0.3 is 10.1 Å². The highest BCUT2D eigenvalue weighted by atomic mass is 32.1. The van der Waals surface area contributed by atoms with E-state index in [1.165, 1.54) is 29.5 Å². The van der Waals surface area contributed by atoms with E-state index in [2.05, 4.69) is 5.32 Å². The minimum atomic E-state index is -0.540. The van der Waals surface area contributed by atoms with Crippen LogP contribution in [0, 0.1) is 30.9 Å². The van der Waals surface area contributed by atoms with Crippen molar-refractivity contribution in [3.05, 3.63) is 79.7 Å². The number of carbonyl (C=O) groups is 2. The third kappa shape index (κ3) is 4.64. The Bertz CT molecular complexity index is 1180. The summed E-state index contributed by atoms with van der Waals surface area (Å²) in [7, 11) is 0. The molecule has 1 N–H and O–H groups in total. The van der Waals surface area contributed by atoms with Crippen LogP contribution in [0.5, 0.6) is 0 Å². The number of amides is 1. The van der Waals surface area contributed by atoms with E-state index < -0.39 is 16.8 Å². The monoisotopic (exact) mass is 438 g/mol. The standard InChI is InChI=1S/C23H22N2O5S/c1-5-30-23(27)20-18(16-8-6-13(2)15(4)10-16)12-31-22(20)24-21(26)17-9-7-14(3)19(11-17)25(28)29/h6-12H,5H2,1-4H3,(H,24,26). The second kappa shape index (κ2) is 9.09. The quantitative estimate of drug-likeness (QED) is 0.303. The number of ether oxygens (including phenoxy) is 1. The maximum Gasteiger partial charge on any atom is 0.341 e. The largest absolute Gasteiger partial charge is 0.462 e. The second-order valence-electron chi connectivity index (χ2n) is 7.09. The number of carbonyl (C=O) groups excluding carboxylic acids is 2. The summed E-state index contributed by atoms with van der Waals surface area (Å²) < 4.78 is 5.22. The zero-order valence-corrected chi connectivity index (χ0v) is 18.5. The fourth-order valence-corrected chi connectivity index (χ4v) is 4.05. The normalized spacial score (nSPS) is 10.6. The highest BCUT2D eigenvalue weighted by molar-refractivity contribution is 7.15. The van der Waals surface area contributed by atoms with Crippen molar-refractivity contribution in [3.63, 3.8) is 0 Å². The van der Waals surface area contributed by atoms with Crippen LogP contribution < -0.4 is 5.32 Å². The predicted octanol–water partition coefficient (Wildman–Crippen LogP) is 5.68. The number of hydrogen-bond donors (Lipinski definition) is 1. The molecule has 2 aromatic carbocycles. The van der Waals surface area contributed by atoms with Crippen LogP contribution in [0.2, 0.25) is 0 Å².